The molecule has 0 aliphatic carbocycles. The van der Waals surface area contributed by atoms with Crippen LogP contribution >= 0.6 is 0 Å². The fourth-order valence-electron chi connectivity index (χ4n) is 3.99. The summed E-state index contributed by atoms with van der Waals surface area (Å²) in [5, 5.41) is 0. The molecular formula is C22H25FN2O4. The van der Waals surface area contributed by atoms with Crippen molar-refractivity contribution in [1.29, 1.82) is 0 Å². The number of rotatable bonds is 5. The molecule has 4 rings (SSSR count). The average Bonchev–Trinajstić information content (AvgIpc) is 3.03. The summed E-state index contributed by atoms with van der Waals surface area (Å²) in [7, 11) is 3.31. The van der Waals surface area contributed by atoms with Crippen LogP contribution in [0.15, 0.2) is 41.2 Å². The molecule has 0 radical (unpaired) electrons. The Morgan fingerprint density at radius 1 is 1.24 bits per heavy atom. The zero-order chi connectivity index (χ0) is 20.6. The first kappa shape index (κ1) is 19.7. The SMILES string of the molecule is COC1(c2cccc(OC(C)c3ccc4[nH]c(=O)n(C)c4c3)c2F)CCOCC1. The molecule has 154 valence electrons. The fourth-order valence-corrected chi connectivity index (χ4v) is 3.99. The molecule has 3 aromatic rings. The number of H-pyrrole nitrogens is 1. The molecule has 0 saturated carbocycles. The van der Waals surface area contributed by atoms with Gasteiger partial charge in [-0.05, 0) is 30.7 Å². The van der Waals surface area contributed by atoms with Crippen LogP contribution in [0.1, 0.15) is 37.0 Å². The van der Waals surface area contributed by atoms with Gasteiger partial charge in [0.1, 0.15) is 11.7 Å². The molecule has 6 nitrogen and oxygen atoms in total. The van der Waals surface area contributed by atoms with E-state index in [1.54, 1.807) is 36.9 Å². The third-order valence-corrected chi connectivity index (χ3v) is 5.85. The first-order valence-corrected chi connectivity index (χ1v) is 9.72. The predicted octanol–water partition coefficient (Wildman–Crippen LogP) is 3.80. The van der Waals surface area contributed by atoms with Gasteiger partial charge in [0, 0.05) is 45.8 Å². The van der Waals surface area contributed by atoms with Crippen molar-refractivity contribution in [2.75, 3.05) is 20.3 Å². The van der Waals surface area contributed by atoms with Gasteiger partial charge in [-0.15, -0.1) is 0 Å². The lowest BCUT2D eigenvalue weighted by Crippen LogP contribution is -2.36. The largest absolute Gasteiger partial charge is 0.483 e. The van der Waals surface area contributed by atoms with Crippen LogP contribution in [0.5, 0.6) is 5.75 Å². The first-order chi connectivity index (χ1) is 13.9. The van der Waals surface area contributed by atoms with Gasteiger partial charge in [0.2, 0.25) is 0 Å². The maximum atomic E-state index is 15.4. The van der Waals surface area contributed by atoms with Crippen molar-refractivity contribution in [1.82, 2.24) is 9.55 Å². The van der Waals surface area contributed by atoms with Gasteiger partial charge in [-0.25, -0.2) is 9.18 Å². The van der Waals surface area contributed by atoms with Crippen molar-refractivity contribution in [2.45, 2.75) is 31.5 Å². The van der Waals surface area contributed by atoms with Gasteiger partial charge < -0.3 is 19.2 Å². The minimum Gasteiger partial charge on any atom is -0.483 e. The second-order valence-corrected chi connectivity index (χ2v) is 7.45. The summed E-state index contributed by atoms with van der Waals surface area (Å²) >= 11 is 0. The Labute approximate surface area is 168 Å². The molecule has 0 spiro atoms. The molecule has 1 aliphatic heterocycles. The van der Waals surface area contributed by atoms with Crippen LogP contribution in [0.3, 0.4) is 0 Å². The van der Waals surface area contributed by atoms with Crippen molar-refractivity contribution >= 4 is 11.0 Å². The monoisotopic (exact) mass is 400 g/mol. The molecule has 1 saturated heterocycles. The number of nitrogens with zero attached hydrogens (tertiary/aromatic N) is 1. The quantitative estimate of drug-likeness (QED) is 0.708. The summed E-state index contributed by atoms with van der Waals surface area (Å²) in [4.78, 5) is 14.6. The van der Waals surface area contributed by atoms with E-state index in [1.165, 1.54) is 0 Å². The van der Waals surface area contributed by atoms with Crippen molar-refractivity contribution in [2.24, 2.45) is 7.05 Å². The molecule has 1 fully saturated rings. The molecule has 29 heavy (non-hydrogen) atoms. The van der Waals surface area contributed by atoms with E-state index in [1.807, 2.05) is 25.1 Å². The maximum absolute atomic E-state index is 15.4. The second kappa shape index (κ2) is 7.65. The van der Waals surface area contributed by atoms with E-state index in [-0.39, 0.29) is 11.4 Å². The minimum atomic E-state index is -0.701. The smallest absolute Gasteiger partial charge is 0.326 e. The maximum Gasteiger partial charge on any atom is 0.326 e. The van der Waals surface area contributed by atoms with Crippen molar-refractivity contribution in [3.8, 4) is 5.75 Å². The van der Waals surface area contributed by atoms with E-state index in [4.69, 9.17) is 14.2 Å². The molecule has 0 amide bonds. The summed E-state index contributed by atoms with van der Waals surface area (Å²) in [6, 6.07) is 10.8. The average molecular weight is 400 g/mol. The fraction of sp³-hybridized carbons (Fsp3) is 0.409. The number of fused-ring (bicyclic) bond motifs is 1. The van der Waals surface area contributed by atoms with Gasteiger partial charge in [-0.3, -0.25) is 4.57 Å². The molecular weight excluding hydrogens is 375 g/mol. The summed E-state index contributed by atoms with van der Waals surface area (Å²) in [6.45, 7) is 2.92. The van der Waals surface area contributed by atoms with Crippen LogP contribution < -0.4 is 10.4 Å². The highest BCUT2D eigenvalue weighted by Gasteiger charge is 2.37. The van der Waals surface area contributed by atoms with Crippen LogP contribution in [-0.4, -0.2) is 29.9 Å². The number of nitrogens with one attached hydrogen (secondary N) is 1. The Kier molecular flexibility index (Phi) is 5.19. The van der Waals surface area contributed by atoms with Gasteiger partial charge in [-0.2, -0.15) is 0 Å². The highest BCUT2D eigenvalue weighted by Crippen LogP contribution is 2.40. The van der Waals surface area contributed by atoms with Gasteiger partial charge in [0.25, 0.3) is 0 Å². The Hall–Kier alpha value is -2.64. The molecule has 2 heterocycles. The standard InChI is InChI=1S/C22H25FN2O4/c1-14(15-7-8-17-18(13-15)25(2)21(26)24-17)29-19-6-4-5-16(20(19)23)22(27-3)9-11-28-12-10-22/h4-8,13-14H,9-12H2,1-3H3,(H,24,26). The first-order valence-electron chi connectivity index (χ1n) is 9.72. The summed E-state index contributed by atoms with van der Waals surface area (Å²) in [6.07, 6.45) is 0.789. The number of hydrogen-bond donors (Lipinski definition) is 1. The van der Waals surface area contributed by atoms with Crippen LogP contribution in [0.4, 0.5) is 4.39 Å². The number of hydrogen-bond acceptors (Lipinski definition) is 4. The molecule has 1 unspecified atom stereocenters. The van der Waals surface area contributed by atoms with Crippen LogP contribution in [-0.2, 0) is 22.1 Å². The zero-order valence-electron chi connectivity index (χ0n) is 16.8. The molecule has 0 bridgehead atoms. The molecule has 2 aromatic carbocycles. The molecule has 1 aliphatic rings. The summed E-state index contributed by atoms with van der Waals surface area (Å²) in [5.41, 5.74) is 2.00. The lowest BCUT2D eigenvalue weighted by Gasteiger charge is -2.36. The summed E-state index contributed by atoms with van der Waals surface area (Å²) < 4.78 is 34.1. The lowest BCUT2D eigenvalue weighted by atomic mass is 9.85. The van der Waals surface area contributed by atoms with Crippen molar-refractivity contribution < 1.29 is 18.6 Å². The molecule has 7 heteroatoms. The van der Waals surface area contributed by atoms with Gasteiger partial charge in [0.05, 0.1) is 11.0 Å². The Morgan fingerprint density at radius 2 is 2.00 bits per heavy atom. The Morgan fingerprint density at radius 3 is 2.72 bits per heavy atom. The van der Waals surface area contributed by atoms with E-state index in [2.05, 4.69) is 4.98 Å². The van der Waals surface area contributed by atoms with Crippen molar-refractivity contribution in [3.05, 3.63) is 63.8 Å². The van der Waals surface area contributed by atoms with Crippen molar-refractivity contribution in [3.63, 3.8) is 0 Å². The van der Waals surface area contributed by atoms with E-state index < -0.39 is 17.5 Å². The Bertz CT molecular complexity index is 1080. The van der Waals surface area contributed by atoms with E-state index in [0.717, 1.165) is 16.6 Å². The number of halogens is 1. The highest BCUT2D eigenvalue weighted by atomic mass is 19.1. The van der Waals surface area contributed by atoms with Crippen LogP contribution in [0.25, 0.3) is 11.0 Å². The Balaban J connectivity index is 1.64. The van der Waals surface area contributed by atoms with Crippen LogP contribution in [0, 0.1) is 5.82 Å². The highest BCUT2D eigenvalue weighted by molar-refractivity contribution is 5.76. The van der Waals surface area contributed by atoms with E-state index in [9.17, 15) is 4.79 Å². The number of methoxy groups -OCH3 is 1. The number of ether oxygens (including phenoxy) is 3. The third-order valence-electron chi connectivity index (χ3n) is 5.85. The van der Waals surface area contributed by atoms with Gasteiger partial charge in [-0.1, -0.05) is 18.2 Å². The lowest BCUT2D eigenvalue weighted by molar-refractivity contribution is -0.0967. The second-order valence-electron chi connectivity index (χ2n) is 7.45. The molecule has 1 atom stereocenters. The zero-order valence-corrected chi connectivity index (χ0v) is 16.8. The predicted molar refractivity (Wildman–Crippen MR) is 108 cm³/mol. The normalized spacial score (nSPS) is 17.4. The van der Waals surface area contributed by atoms with E-state index >= 15 is 4.39 Å². The summed E-state index contributed by atoms with van der Waals surface area (Å²) in [5.74, 6) is -0.223. The number of aryl methyl sites for hydroxylation is 1. The van der Waals surface area contributed by atoms with Crippen LogP contribution in [0.2, 0.25) is 0 Å². The molecule has 1 aromatic heterocycles. The minimum absolute atomic E-state index is 0.175. The number of aromatic amines is 1. The van der Waals surface area contributed by atoms with Gasteiger partial charge in [0.15, 0.2) is 11.6 Å². The molecule has 1 N–H and O–H groups in total. The van der Waals surface area contributed by atoms with Gasteiger partial charge >= 0.3 is 5.69 Å². The third kappa shape index (κ3) is 3.45. The number of imidazole rings is 1. The number of benzene rings is 2. The van der Waals surface area contributed by atoms with E-state index in [0.29, 0.717) is 31.6 Å². The number of aromatic nitrogens is 2. The topological polar surface area (TPSA) is 65.5 Å².